The minimum absolute atomic E-state index is 0.248. The number of nitrogens with one attached hydrogen (secondary N) is 1. The van der Waals surface area contributed by atoms with Gasteiger partial charge in [0.1, 0.15) is 4.75 Å². The molecular weight excluding hydrogens is 369 g/mol. The molecule has 2 atom stereocenters. The van der Waals surface area contributed by atoms with E-state index in [0.29, 0.717) is 15.6 Å². The molecule has 0 saturated heterocycles. The van der Waals surface area contributed by atoms with Crippen LogP contribution in [0, 0.1) is 0 Å². The Kier molecular flexibility index (Phi) is 8.09. The van der Waals surface area contributed by atoms with Gasteiger partial charge in [0.15, 0.2) is 6.04 Å². The number of hydrogen-bond donors (Lipinski definition) is 1. The van der Waals surface area contributed by atoms with Crippen molar-refractivity contribution in [3.63, 3.8) is 0 Å². The number of hydrogen-bond acceptors (Lipinski definition) is 4. The molecule has 1 aromatic carbocycles. The number of ether oxygens (including phenoxy) is 1. The number of halogens is 2. The molecule has 0 fully saturated rings. The number of carbonyl (C=O) groups is 1. The van der Waals surface area contributed by atoms with E-state index in [1.165, 1.54) is 0 Å². The van der Waals surface area contributed by atoms with Gasteiger partial charge < -0.3 is 9.29 Å². The molecule has 0 amide bonds. The first kappa shape index (κ1) is 21.3. The summed E-state index contributed by atoms with van der Waals surface area (Å²) in [6.07, 6.45) is 0.249. The van der Waals surface area contributed by atoms with E-state index in [0.717, 1.165) is 5.56 Å². The van der Waals surface area contributed by atoms with Crippen molar-refractivity contribution < 1.29 is 14.1 Å². The molecule has 24 heavy (non-hydrogen) atoms. The van der Waals surface area contributed by atoms with Crippen molar-refractivity contribution in [2.45, 2.75) is 44.9 Å². The van der Waals surface area contributed by atoms with Crippen molar-refractivity contribution in [3.8, 4) is 0 Å². The van der Waals surface area contributed by atoms with Crippen molar-refractivity contribution in [2.75, 3.05) is 6.61 Å². The SMILES string of the molecule is C=C(C[C@@H](N[S+]([O-])C(C)(C)C)C(=O)OCC)c1ccc(Cl)c(Cl)c1. The van der Waals surface area contributed by atoms with E-state index in [1.54, 1.807) is 25.1 Å². The lowest BCUT2D eigenvalue weighted by Gasteiger charge is -2.27. The van der Waals surface area contributed by atoms with E-state index < -0.39 is 28.1 Å². The number of carbonyl (C=O) groups excluding carboxylic acids is 1. The molecule has 7 heteroatoms. The molecule has 0 bridgehead atoms. The second-order valence-corrected chi connectivity index (χ2v) is 9.05. The first-order chi connectivity index (χ1) is 11.1. The summed E-state index contributed by atoms with van der Waals surface area (Å²) in [5.74, 6) is -0.462. The van der Waals surface area contributed by atoms with Gasteiger partial charge in [-0.3, -0.25) is 4.79 Å². The summed E-state index contributed by atoms with van der Waals surface area (Å²) in [5.41, 5.74) is 1.44. The summed E-state index contributed by atoms with van der Waals surface area (Å²) in [5, 5.41) is 0.858. The Bertz CT molecular complexity index is 602. The molecule has 1 aromatic rings. The van der Waals surface area contributed by atoms with Crippen LogP contribution in [0.3, 0.4) is 0 Å². The van der Waals surface area contributed by atoms with Crippen LogP contribution >= 0.6 is 23.2 Å². The third kappa shape index (κ3) is 6.30. The molecule has 1 unspecified atom stereocenters. The van der Waals surface area contributed by atoms with Crippen LogP contribution in [0.15, 0.2) is 24.8 Å². The minimum atomic E-state index is -1.41. The fraction of sp³-hybridized carbons (Fsp3) is 0.471. The molecule has 1 N–H and O–H groups in total. The second-order valence-electron chi connectivity index (χ2n) is 6.24. The van der Waals surface area contributed by atoms with Gasteiger partial charge in [0, 0.05) is 17.8 Å². The Labute approximate surface area is 156 Å². The number of rotatable bonds is 7. The van der Waals surface area contributed by atoms with Crippen molar-refractivity contribution >= 4 is 46.1 Å². The smallest absolute Gasteiger partial charge is 0.328 e. The molecule has 1 rings (SSSR count). The minimum Gasteiger partial charge on any atom is -0.598 e. The highest BCUT2D eigenvalue weighted by Gasteiger charge is 2.33. The lowest BCUT2D eigenvalue weighted by Crippen LogP contribution is -2.48. The second kappa shape index (κ2) is 9.11. The summed E-state index contributed by atoms with van der Waals surface area (Å²) in [6.45, 7) is 11.4. The zero-order valence-corrected chi connectivity index (χ0v) is 16.6. The number of esters is 1. The van der Waals surface area contributed by atoms with E-state index in [2.05, 4.69) is 11.3 Å². The van der Waals surface area contributed by atoms with Crippen LogP contribution < -0.4 is 4.72 Å². The van der Waals surface area contributed by atoms with Crippen LogP contribution in [0.4, 0.5) is 0 Å². The summed E-state index contributed by atoms with van der Waals surface area (Å²) in [6, 6.07) is 4.38. The average Bonchev–Trinajstić information content (AvgIpc) is 2.48. The summed E-state index contributed by atoms with van der Waals surface area (Å²) < 4.78 is 19.7. The Morgan fingerprint density at radius 2 is 2.00 bits per heavy atom. The van der Waals surface area contributed by atoms with Gasteiger partial charge in [-0.1, -0.05) is 35.8 Å². The summed E-state index contributed by atoms with van der Waals surface area (Å²) >= 11 is 10.5. The maximum Gasteiger partial charge on any atom is 0.328 e. The van der Waals surface area contributed by atoms with Crippen molar-refractivity contribution in [1.29, 1.82) is 0 Å². The van der Waals surface area contributed by atoms with E-state index in [1.807, 2.05) is 20.8 Å². The molecule has 0 heterocycles. The Morgan fingerprint density at radius 3 is 2.50 bits per heavy atom. The highest BCUT2D eigenvalue weighted by molar-refractivity contribution is 7.90. The Balaban J connectivity index is 2.92. The lowest BCUT2D eigenvalue weighted by atomic mass is 10.0. The fourth-order valence-corrected chi connectivity index (χ4v) is 2.89. The van der Waals surface area contributed by atoms with Gasteiger partial charge in [0.25, 0.3) is 0 Å². The van der Waals surface area contributed by atoms with Crippen LogP contribution in [0.25, 0.3) is 5.57 Å². The maximum atomic E-state index is 12.3. The topological polar surface area (TPSA) is 61.4 Å². The van der Waals surface area contributed by atoms with Crippen molar-refractivity contribution in [2.24, 2.45) is 0 Å². The maximum absolute atomic E-state index is 12.3. The molecule has 0 aliphatic heterocycles. The van der Waals surface area contributed by atoms with Crippen LogP contribution in [0.5, 0.6) is 0 Å². The first-order valence-corrected chi connectivity index (χ1v) is 9.44. The fourth-order valence-electron chi connectivity index (χ4n) is 1.80. The van der Waals surface area contributed by atoms with Gasteiger partial charge in [0.2, 0.25) is 0 Å². The third-order valence-corrected chi connectivity index (χ3v) is 5.50. The quantitative estimate of drug-likeness (QED) is 0.553. The molecule has 0 radical (unpaired) electrons. The zero-order chi connectivity index (χ0) is 18.5. The van der Waals surface area contributed by atoms with Crippen LogP contribution in [-0.2, 0) is 20.9 Å². The predicted molar refractivity (Wildman–Crippen MR) is 102 cm³/mol. The van der Waals surface area contributed by atoms with E-state index >= 15 is 0 Å². The van der Waals surface area contributed by atoms with Crippen LogP contribution in [0.1, 0.15) is 39.7 Å². The van der Waals surface area contributed by atoms with Gasteiger partial charge in [-0.05, 0) is 51.0 Å². The van der Waals surface area contributed by atoms with Gasteiger partial charge in [-0.25, -0.2) is 0 Å². The Hall–Kier alpha value is -0.720. The van der Waals surface area contributed by atoms with Gasteiger partial charge in [0.05, 0.1) is 16.7 Å². The Morgan fingerprint density at radius 1 is 1.38 bits per heavy atom. The molecule has 0 saturated carbocycles. The molecule has 0 aromatic heterocycles. The highest BCUT2D eigenvalue weighted by Crippen LogP contribution is 2.28. The standard InChI is InChI=1S/C17H23Cl2NO3S/c1-6-23-16(21)15(20-24(22)17(3,4)5)9-11(2)12-7-8-13(18)14(19)10-12/h7-8,10,15,20H,2,6,9H2,1,3-5H3/t15-,24?/m1/s1. The van der Waals surface area contributed by atoms with Crippen molar-refractivity contribution in [1.82, 2.24) is 4.72 Å². The summed E-state index contributed by atoms with van der Waals surface area (Å²) in [7, 11) is 0. The molecular formula is C17H23Cl2NO3S. The lowest BCUT2D eigenvalue weighted by molar-refractivity contribution is -0.144. The summed E-state index contributed by atoms with van der Waals surface area (Å²) in [4.78, 5) is 12.2. The van der Waals surface area contributed by atoms with Gasteiger partial charge >= 0.3 is 5.97 Å². The first-order valence-electron chi connectivity index (χ1n) is 7.54. The van der Waals surface area contributed by atoms with E-state index in [-0.39, 0.29) is 13.0 Å². The van der Waals surface area contributed by atoms with Gasteiger partial charge in [-0.2, -0.15) is 0 Å². The monoisotopic (exact) mass is 391 g/mol. The van der Waals surface area contributed by atoms with Crippen LogP contribution in [-0.4, -0.2) is 27.9 Å². The molecule has 4 nitrogen and oxygen atoms in total. The third-order valence-electron chi connectivity index (χ3n) is 3.15. The largest absolute Gasteiger partial charge is 0.598 e. The zero-order valence-electron chi connectivity index (χ0n) is 14.3. The van der Waals surface area contributed by atoms with E-state index in [4.69, 9.17) is 27.9 Å². The van der Waals surface area contributed by atoms with Crippen molar-refractivity contribution in [3.05, 3.63) is 40.4 Å². The van der Waals surface area contributed by atoms with Crippen LogP contribution in [0.2, 0.25) is 10.0 Å². The molecule has 0 spiro atoms. The highest BCUT2D eigenvalue weighted by atomic mass is 35.5. The molecule has 134 valence electrons. The van der Waals surface area contributed by atoms with Gasteiger partial charge in [-0.15, -0.1) is 4.72 Å². The molecule has 0 aliphatic rings. The van der Waals surface area contributed by atoms with E-state index in [9.17, 15) is 9.35 Å². The number of benzene rings is 1. The predicted octanol–water partition coefficient (Wildman–Crippen LogP) is 4.38. The average molecular weight is 392 g/mol. The molecule has 0 aliphatic carbocycles. The normalized spacial score (nSPS) is 14.1.